The van der Waals surface area contributed by atoms with Crippen LogP contribution in [0.3, 0.4) is 0 Å². The van der Waals surface area contributed by atoms with Crippen LogP contribution in [0, 0.1) is 0 Å². The van der Waals surface area contributed by atoms with Crippen molar-refractivity contribution >= 4 is 29.2 Å². The van der Waals surface area contributed by atoms with Crippen LogP contribution in [0.15, 0.2) is 54.6 Å². The monoisotopic (exact) mass is 368 g/mol. The van der Waals surface area contributed by atoms with Gasteiger partial charge in [0.1, 0.15) is 0 Å². The molecule has 2 aromatic rings. The van der Waals surface area contributed by atoms with E-state index in [1.807, 2.05) is 37.3 Å². The summed E-state index contributed by atoms with van der Waals surface area (Å²) >= 11 is 0. The number of nitrogens with zero attached hydrogens (tertiary/aromatic N) is 1. The third-order valence-electron chi connectivity index (χ3n) is 3.91. The van der Waals surface area contributed by atoms with Crippen molar-refractivity contribution < 1.29 is 19.1 Å². The molecule has 0 aromatic heterocycles. The minimum atomic E-state index is -0.394. The van der Waals surface area contributed by atoms with Gasteiger partial charge in [0.15, 0.2) is 0 Å². The van der Waals surface area contributed by atoms with Crippen molar-refractivity contribution in [1.82, 2.24) is 0 Å². The van der Waals surface area contributed by atoms with E-state index in [1.54, 1.807) is 36.1 Å². The normalized spacial score (nSPS) is 10.1. The Labute approximate surface area is 159 Å². The van der Waals surface area contributed by atoms with Crippen LogP contribution in [-0.4, -0.2) is 30.9 Å². The molecule has 2 amide bonds. The highest BCUT2D eigenvalue weighted by Crippen LogP contribution is 2.18. The molecule has 0 spiro atoms. The van der Waals surface area contributed by atoms with Gasteiger partial charge >= 0.3 is 5.97 Å². The molecule has 0 aliphatic heterocycles. The summed E-state index contributed by atoms with van der Waals surface area (Å²) in [5, 5.41) is 2.71. The van der Waals surface area contributed by atoms with Crippen molar-refractivity contribution in [2.24, 2.45) is 0 Å². The maximum atomic E-state index is 12.7. The second kappa shape index (κ2) is 10.1. The summed E-state index contributed by atoms with van der Waals surface area (Å²) in [5.41, 5.74) is 1.94. The zero-order valence-electron chi connectivity index (χ0n) is 15.6. The zero-order chi connectivity index (χ0) is 19.6. The molecule has 0 saturated heterocycles. The lowest BCUT2D eigenvalue weighted by atomic mass is 10.1. The van der Waals surface area contributed by atoms with Crippen LogP contribution in [0.25, 0.3) is 0 Å². The smallest absolute Gasteiger partial charge is 0.306 e. The molecule has 142 valence electrons. The standard InChI is InChI=1S/C21H24N2O4/c1-3-23(18-8-6-5-7-9-18)21(26)16-10-12-17(13-11-16)22-19(24)14-15-20(25)27-4-2/h5-13H,3-4,14-15H2,1-2H3,(H,22,24). The molecule has 27 heavy (non-hydrogen) atoms. The van der Waals surface area contributed by atoms with Gasteiger partial charge in [-0.3, -0.25) is 14.4 Å². The van der Waals surface area contributed by atoms with Crippen LogP contribution in [0.2, 0.25) is 0 Å². The van der Waals surface area contributed by atoms with Gasteiger partial charge in [-0.05, 0) is 50.2 Å². The maximum absolute atomic E-state index is 12.7. The maximum Gasteiger partial charge on any atom is 0.306 e. The van der Waals surface area contributed by atoms with E-state index in [1.165, 1.54) is 0 Å². The molecule has 0 saturated carbocycles. The molecular weight excluding hydrogens is 344 g/mol. The van der Waals surface area contributed by atoms with Gasteiger partial charge in [0.05, 0.1) is 13.0 Å². The summed E-state index contributed by atoms with van der Waals surface area (Å²) in [6, 6.07) is 16.2. The van der Waals surface area contributed by atoms with Crippen LogP contribution in [-0.2, 0) is 14.3 Å². The van der Waals surface area contributed by atoms with Crippen LogP contribution in [0.4, 0.5) is 11.4 Å². The van der Waals surface area contributed by atoms with Crippen LogP contribution < -0.4 is 10.2 Å². The highest BCUT2D eigenvalue weighted by molar-refractivity contribution is 6.06. The average Bonchev–Trinajstić information content (AvgIpc) is 2.68. The lowest BCUT2D eigenvalue weighted by molar-refractivity contribution is -0.144. The Morgan fingerprint density at radius 3 is 2.19 bits per heavy atom. The van der Waals surface area contributed by atoms with Gasteiger partial charge in [0, 0.05) is 29.9 Å². The number of carbonyl (C=O) groups is 3. The molecule has 2 aromatic carbocycles. The number of hydrogen-bond donors (Lipinski definition) is 1. The van der Waals surface area contributed by atoms with Crippen LogP contribution in [0.1, 0.15) is 37.0 Å². The van der Waals surface area contributed by atoms with Crippen molar-refractivity contribution in [1.29, 1.82) is 0 Å². The van der Waals surface area contributed by atoms with Gasteiger partial charge in [-0.25, -0.2) is 0 Å². The van der Waals surface area contributed by atoms with Crippen molar-refractivity contribution in [3.8, 4) is 0 Å². The highest BCUT2D eigenvalue weighted by Gasteiger charge is 2.16. The number of amides is 2. The highest BCUT2D eigenvalue weighted by atomic mass is 16.5. The first-order chi connectivity index (χ1) is 13.0. The molecular formula is C21H24N2O4. The molecule has 0 aliphatic carbocycles. The number of benzene rings is 2. The van der Waals surface area contributed by atoms with Gasteiger partial charge < -0.3 is 15.0 Å². The molecule has 0 atom stereocenters. The van der Waals surface area contributed by atoms with E-state index in [-0.39, 0.29) is 24.7 Å². The Morgan fingerprint density at radius 2 is 1.59 bits per heavy atom. The zero-order valence-corrected chi connectivity index (χ0v) is 15.6. The number of rotatable bonds is 8. The van der Waals surface area contributed by atoms with E-state index in [0.717, 1.165) is 5.69 Å². The van der Waals surface area contributed by atoms with Crippen molar-refractivity contribution in [2.45, 2.75) is 26.7 Å². The quantitative estimate of drug-likeness (QED) is 0.722. The number of hydrogen-bond acceptors (Lipinski definition) is 4. The lowest BCUT2D eigenvalue weighted by Crippen LogP contribution is -2.30. The van der Waals surface area contributed by atoms with Gasteiger partial charge in [0.2, 0.25) is 5.91 Å². The second-order valence-electron chi connectivity index (χ2n) is 5.82. The predicted octanol–water partition coefficient (Wildman–Crippen LogP) is 3.64. The van der Waals surface area contributed by atoms with Gasteiger partial charge in [-0.2, -0.15) is 0 Å². The van der Waals surface area contributed by atoms with E-state index < -0.39 is 5.97 Å². The fourth-order valence-electron chi connectivity index (χ4n) is 2.58. The average molecular weight is 368 g/mol. The third-order valence-corrected chi connectivity index (χ3v) is 3.91. The Kier molecular flexibility index (Phi) is 7.55. The first-order valence-corrected chi connectivity index (χ1v) is 8.97. The summed E-state index contributed by atoms with van der Waals surface area (Å²) in [4.78, 5) is 37.6. The molecule has 0 fully saturated rings. The fraction of sp³-hybridized carbons (Fsp3) is 0.286. The van der Waals surface area contributed by atoms with E-state index in [4.69, 9.17) is 4.74 Å². The SMILES string of the molecule is CCOC(=O)CCC(=O)Nc1ccc(C(=O)N(CC)c2ccccc2)cc1. The van der Waals surface area contributed by atoms with Crippen molar-refractivity contribution in [3.63, 3.8) is 0 Å². The number of carbonyl (C=O) groups excluding carboxylic acids is 3. The summed E-state index contributed by atoms with van der Waals surface area (Å²) in [6.45, 7) is 4.49. The molecule has 2 rings (SSSR count). The lowest BCUT2D eigenvalue weighted by Gasteiger charge is -2.21. The topological polar surface area (TPSA) is 75.7 Å². The Morgan fingerprint density at radius 1 is 0.926 bits per heavy atom. The second-order valence-corrected chi connectivity index (χ2v) is 5.82. The van der Waals surface area contributed by atoms with Gasteiger partial charge in [0.25, 0.3) is 5.91 Å². The predicted molar refractivity (Wildman–Crippen MR) is 105 cm³/mol. The minimum Gasteiger partial charge on any atom is -0.466 e. The van der Waals surface area contributed by atoms with Crippen LogP contribution in [0.5, 0.6) is 0 Å². The van der Waals surface area contributed by atoms with Crippen LogP contribution >= 0.6 is 0 Å². The van der Waals surface area contributed by atoms with Gasteiger partial charge in [-0.15, -0.1) is 0 Å². The number of nitrogens with one attached hydrogen (secondary N) is 1. The van der Waals surface area contributed by atoms with E-state index in [0.29, 0.717) is 24.4 Å². The molecule has 0 radical (unpaired) electrons. The minimum absolute atomic E-state index is 0.0405. The number of esters is 1. The summed E-state index contributed by atoms with van der Waals surface area (Å²) < 4.78 is 4.79. The molecule has 0 unspecified atom stereocenters. The Bertz CT molecular complexity index is 773. The van der Waals surface area contributed by atoms with E-state index >= 15 is 0 Å². The Hall–Kier alpha value is -3.15. The number of ether oxygens (including phenoxy) is 1. The largest absolute Gasteiger partial charge is 0.466 e. The summed E-state index contributed by atoms with van der Waals surface area (Å²) in [7, 11) is 0. The molecule has 6 heteroatoms. The third kappa shape index (κ3) is 5.95. The Balaban J connectivity index is 1.97. The molecule has 6 nitrogen and oxygen atoms in total. The van der Waals surface area contributed by atoms with Crippen molar-refractivity contribution in [3.05, 3.63) is 60.2 Å². The van der Waals surface area contributed by atoms with E-state index in [9.17, 15) is 14.4 Å². The summed E-state index contributed by atoms with van der Waals surface area (Å²) in [6.07, 6.45) is 0.0932. The summed E-state index contributed by atoms with van der Waals surface area (Å²) in [5.74, 6) is -0.778. The first-order valence-electron chi connectivity index (χ1n) is 8.97. The fourth-order valence-corrected chi connectivity index (χ4v) is 2.58. The first kappa shape index (κ1) is 20.2. The van der Waals surface area contributed by atoms with E-state index in [2.05, 4.69) is 5.32 Å². The molecule has 0 bridgehead atoms. The molecule has 0 aliphatic rings. The molecule has 0 heterocycles. The van der Waals surface area contributed by atoms with Crippen molar-refractivity contribution in [2.75, 3.05) is 23.4 Å². The van der Waals surface area contributed by atoms with Gasteiger partial charge in [-0.1, -0.05) is 18.2 Å². The number of para-hydroxylation sites is 1. The number of anilines is 2. The molecule has 1 N–H and O–H groups in total.